The van der Waals surface area contributed by atoms with Gasteiger partial charge in [0.2, 0.25) is 0 Å². The van der Waals surface area contributed by atoms with Crippen LogP contribution in [-0.2, 0) is 6.42 Å². The summed E-state index contributed by atoms with van der Waals surface area (Å²) in [4.78, 5) is 0. The minimum absolute atomic E-state index is 0.256. The van der Waals surface area contributed by atoms with Crippen LogP contribution >= 0.6 is 23.5 Å². The van der Waals surface area contributed by atoms with E-state index in [0.717, 1.165) is 17.9 Å². The van der Waals surface area contributed by atoms with Crippen LogP contribution in [0, 0.1) is 12.3 Å². The fraction of sp³-hybridized carbons (Fsp3) is 0.429. The maximum absolute atomic E-state index is 10.1. The highest BCUT2D eigenvalue weighted by Gasteiger charge is 2.40. The van der Waals surface area contributed by atoms with Crippen molar-refractivity contribution in [1.29, 1.82) is 0 Å². The van der Waals surface area contributed by atoms with E-state index in [-0.39, 0.29) is 4.08 Å². The molecule has 0 spiro atoms. The topological polar surface area (TPSA) is 20.2 Å². The Hall–Kier alpha value is -0.560. The number of rotatable bonds is 3. The fourth-order valence-electron chi connectivity index (χ4n) is 1.95. The lowest BCUT2D eigenvalue weighted by Crippen LogP contribution is -2.39. The molecule has 90 valence electrons. The summed E-state index contributed by atoms with van der Waals surface area (Å²) in [6.07, 6.45) is 6.76. The maximum Gasteiger partial charge on any atom is 0.138 e. The Morgan fingerprint density at radius 3 is 2.53 bits per heavy atom. The van der Waals surface area contributed by atoms with E-state index in [0.29, 0.717) is 0 Å². The molecule has 0 saturated carbocycles. The molecule has 0 unspecified atom stereocenters. The van der Waals surface area contributed by atoms with Gasteiger partial charge in [0.1, 0.15) is 10.2 Å². The molecule has 0 bridgehead atoms. The van der Waals surface area contributed by atoms with Crippen LogP contribution in [0.5, 0.6) is 0 Å². The Kier molecular flexibility index (Phi) is 4.44. The molecule has 2 rings (SSSR count). The van der Waals surface area contributed by atoms with Gasteiger partial charge in [-0.25, -0.2) is 0 Å². The predicted octanol–water partition coefficient (Wildman–Crippen LogP) is 2.79. The summed E-state index contributed by atoms with van der Waals surface area (Å²) in [5.41, 5.74) is 1.24. The molecule has 1 atom stereocenters. The van der Waals surface area contributed by atoms with E-state index in [9.17, 15) is 5.11 Å². The molecule has 1 aromatic carbocycles. The smallest absolute Gasteiger partial charge is 0.138 e. The van der Waals surface area contributed by atoms with Gasteiger partial charge in [-0.15, -0.1) is 29.9 Å². The second-order valence-electron chi connectivity index (χ2n) is 4.09. The molecule has 0 amide bonds. The third-order valence-corrected chi connectivity index (χ3v) is 6.25. The summed E-state index contributed by atoms with van der Waals surface area (Å²) in [5, 5.41) is 10.1. The van der Waals surface area contributed by atoms with Crippen LogP contribution in [0.2, 0.25) is 0 Å². The van der Waals surface area contributed by atoms with Crippen molar-refractivity contribution in [3.8, 4) is 12.3 Å². The van der Waals surface area contributed by atoms with Crippen LogP contribution < -0.4 is 0 Å². The van der Waals surface area contributed by atoms with Gasteiger partial charge in [-0.2, -0.15) is 0 Å². The Morgan fingerprint density at radius 2 is 1.94 bits per heavy atom. The van der Waals surface area contributed by atoms with Crippen molar-refractivity contribution in [3.63, 3.8) is 0 Å². The number of thioether (sulfide) groups is 2. The lowest BCUT2D eigenvalue weighted by molar-refractivity contribution is 0.217. The van der Waals surface area contributed by atoms with Gasteiger partial charge < -0.3 is 5.11 Å². The van der Waals surface area contributed by atoms with Crippen LogP contribution in [-0.4, -0.2) is 26.8 Å². The van der Waals surface area contributed by atoms with Crippen molar-refractivity contribution >= 4 is 23.5 Å². The fourth-order valence-corrected chi connectivity index (χ4v) is 5.23. The van der Waals surface area contributed by atoms with Crippen molar-refractivity contribution in [1.82, 2.24) is 0 Å². The molecule has 1 fully saturated rings. The first-order valence-corrected chi connectivity index (χ1v) is 7.70. The number of hydrogen-bond donors (Lipinski definition) is 1. The van der Waals surface area contributed by atoms with E-state index in [1.54, 1.807) is 0 Å². The first-order valence-electron chi connectivity index (χ1n) is 5.73. The molecule has 1 heterocycles. The van der Waals surface area contributed by atoms with Crippen molar-refractivity contribution in [3.05, 3.63) is 35.9 Å². The molecule has 0 aromatic heterocycles. The summed E-state index contributed by atoms with van der Waals surface area (Å²) in [5.74, 6) is 4.67. The minimum Gasteiger partial charge on any atom is -0.378 e. The lowest BCUT2D eigenvalue weighted by atomic mass is 10.1. The van der Waals surface area contributed by atoms with Crippen LogP contribution in [0.15, 0.2) is 30.3 Å². The molecule has 1 aliphatic rings. The van der Waals surface area contributed by atoms with Crippen LogP contribution in [0.25, 0.3) is 0 Å². The van der Waals surface area contributed by atoms with Crippen molar-refractivity contribution in [2.24, 2.45) is 0 Å². The van der Waals surface area contributed by atoms with E-state index in [1.807, 2.05) is 41.7 Å². The molecule has 17 heavy (non-hydrogen) atoms. The van der Waals surface area contributed by atoms with Gasteiger partial charge in [0.15, 0.2) is 0 Å². The number of hydrogen-bond acceptors (Lipinski definition) is 3. The Morgan fingerprint density at radius 1 is 1.29 bits per heavy atom. The number of aliphatic hydroxyl groups is 1. The van der Waals surface area contributed by atoms with E-state index in [1.165, 1.54) is 12.0 Å². The molecule has 1 aliphatic heterocycles. The number of benzene rings is 1. The number of terminal acetylenes is 1. The van der Waals surface area contributed by atoms with Gasteiger partial charge in [-0.05, 0) is 29.9 Å². The molecule has 1 saturated heterocycles. The summed E-state index contributed by atoms with van der Waals surface area (Å²) in [6, 6.07) is 10.3. The highest BCUT2D eigenvalue weighted by molar-refractivity contribution is 8.18. The molecule has 1 aromatic rings. The molecule has 1 N–H and O–H groups in total. The van der Waals surface area contributed by atoms with Gasteiger partial charge in [0, 0.05) is 0 Å². The average molecular weight is 264 g/mol. The van der Waals surface area contributed by atoms with E-state index in [2.05, 4.69) is 18.1 Å². The van der Waals surface area contributed by atoms with E-state index < -0.39 is 6.10 Å². The monoisotopic (exact) mass is 264 g/mol. The molecular formula is C14H16OS2. The van der Waals surface area contributed by atoms with Gasteiger partial charge >= 0.3 is 0 Å². The van der Waals surface area contributed by atoms with Crippen LogP contribution in [0.1, 0.15) is 12.0 Å². The molecule has 3 heteroatoms. The highest BCUT2D eigenvalue weighted by Crippen LogP contribution is 2.46. The lowest BCUT2D eigenvalue weighted by Gasteiger charge is -2.38. The second-order valence-corrected chi connectivity index (χ2v) is 7.20. The Labute approximate surface area is 111 Å². The highest BCUT2D eigenvalue weighted by atomic mass is 32.2. The third-order valence-electron chi connectivity index (χ3n) is 2.85. The van der Waals surface area contributed by atoms with Gasteiger partial charge in [0.05, 0.1) is 0 Å². The normalized spacial score (nSPS) is 20.5. The SMILES string of the molecule is C#C[C@H](O)C1(Cc2ccccc2)SCCCS1. The quantitative estimate of drug-likeness (QED) is 0.848. The first-order chi connectivity index (χ1) is 8.27. The predicted molar refractivity (Wildman–Crippen MR) is 77.2 cm³/mol. The summed E-state index contributed by atoms with van der Waals surface area (Å²) in [7, 11) is 0. The van der Waals surface area contributed by atoms with Crippen molar-refractivity contribution in [2.75, 3.05) is 11.5 Å². The molecule has 0 aliphatic carbocycles. The van der Waals surface area contributed by atoms with Crippen molar-refractivity contribution < 1.29 is 5.11 Å². The average Bonchev–Trinajstić information content (AvgIpc) is 2.40. The Balaban J connectivity index is 2.19. The van der Waals surface area contributed by atoms with Gasteiger partial charge in [-0.1, -0.05) is 36.3 Å². The second kappa shape index (κ2) is 5.86. The zero-order chi connectivity index (χ0) is 12.1. The summed E-state index contributed by atoms with van der Waals surface area (Å²) < 4.78 is -0.256. The zero-order valence-electron chi connectivity index (χ0n) is 9.63. The van der Waals surface area contributed by atoms with Crippen LogP contribution in [0.4, 0.5) is 0 Å². The third kappa shape index (κ3) is 3.01. The molecule has 0 radical (unpaired) electrons. The van der Waals surface area contributed by atoms with Crippen LogP contribution in [0.3, 0.4) is 0 Å². The minimum atomic E-state index is -0.682. The summed E-state index contributed by atoms with van der Waals surface area (Å²) >= 11 is 3.62. The molecular weight excluding hydrogens is 248 g/mol. The first kappa shape index (κ1) is 12.9. The maximum atomic E-state index is 10.1. The Bertz CT molecular complexity index is 390. The number of aliphatic hydroxyl groups excluding tert-OH is 1. The van der Waals surface area contributed by atoms with E-state index >= 15 is 0 Å². The summed E-state index contributed by atoms with van der Waals surface area (Å²) in [6.45, 7) is 0. The standard InChI is InChI=1S/C14H16OS2/c1-2-13(15)14(16-9-6-10-17-14)11-12-7-4-3-5-8-12/h1,3-5,7-8,13,15H,6,9-11H2/t13-/m0/s1. The van der Waals surface area contributed by atoms with Crippen molar-refractivity contribution in [2.45, 2.75) is 23.0 Å². The largest absolute Gasteiger partial charge is 0.378 e. The van der Waals surface area contributed by atoms with Gasteiger partial charge in [0.25, 0.3) is 0 Å². The van der Waals surface area contributed by atoms with Gasteiger partial charge in [-0.3, -0.25) is 0 Å². The van der Waals surface area contributed by atoms with E-state index in [4.69, 9.17) is 6.42 Å². The molecule has 1 nitrogen and oxygen atoms in total. The zero-order valence-corrected chi connectivity index (χ0v) is 11.3.